The molecule has 0 radical (unpaired) electrons. The Morgan fingerprint density at radius 3 is 2.36 bits per heavy atom. The fourth-order valence-electron chi connectivity index (χ4n) is 5.46. The lowest BCUT2D eigenvalue weighted by Crippen LogP contribution is -2.31. The average molecular weight is 660 g/mol. The lowest BCUT2D eigenvalue weighted by atomic mass is 9.97. The van der Waals surface area contributed by atoms with Crippen molar-refractivity contribution in [3.63, 3.8) is 0 Å². The van der Waals surface area contributed by atoms with Crippen LogP contribution < -0.4 is 10.8 Å². The second kappa shape index (κ2) is 17.2. The molecule has 11 nitrogen and oxygen atoms in total. The minimum atomic E-state index is -0.571. The molecule has 3 atom stereocenters. The van der Waals surface area contributed by atoms with Crippen LogP contribution in [0.5, 0.6) is 0 Å². The fraction of sp³-hybridized carbons (Fsp3) is 0.371. The number of carbonyl (C=O) groups excluding carboxylic acids is 2. The van der Waals surface area contributed by atoms with Gasteiger partial charge in [0.15, 0.2) is 11.4 Å². The van der Waals surface area contributed by atoms with Gasteiger partial charge in [-0.3, -0.25) is 14.8 Å². The van der Waals surface area contributed by atoms with Gasteiger partial charge in [-0.15, -0.1) is 10.2 Å². The van der Waals surface area contributed by atoms with Crippen molar-refractivity contribution in [2.24, 2.45) is 7.05 Å². The zero-order valence-corrected chi connectivity index (χ0v) is 27.2. The molecule has 1 fully saturated rings. The van der Waals surface area contributed by atoms with Crippen LogP contribution in [0.1, 0.15) is 73.2 Å². The molecule has 248 valence electrons. The number of nitrogens with zero attached hydrogens (tertiary/aromatic N) is 3. The molecule has 0 saturated carbocycles. The molecule has 0 aliphatic carbocycles. The van der Waals surface area contributed by atoms with Crippen molar-refractivity contribution in [3.05, 3.63) is 101 Å². The van der Waals surface area contributed by atoms with E-state index in [4.69, 9.17) is 14.7 Å². The summed E-state index contributed by atoms with van der Waals surface area (Å²) in [6, 6.07) is 24.0. The molecule has 12 heteroatoms. The summed E-state index contributed by atoms with van der Waals surface area (Å²) in [6.45, 7) is 0.394. The van der Waals surface area contributed by atoms with Crippen LogP contribution in [0.3, 0.4) is 0 Å². The minimum Gasteiger partial charge on any atom is -0.392 e. The van der Waals surface area contributed by atoms with Gasteiger partial charge in [0.1, 0.15) is 6.33 Å². The third-order valence-electron chi connectivity index (χ3n) is 8.10. The lowest BCUT2D eigenvalue weighted by molar-refractivity contribution is -0.245. The van der Waals surface area contributed by atoms with Crippen molar-refractivity contribution >= 4 is 23.6 Å². The van der Waals surface area contributed by atoms with Gasteiger partial charge in [0.2, 0.25) is 11.8 Å². The van der Waals surface area contributed by atoms with Crippen LogP contribution in [0.25, 0.3) is 11.1 Å². The molecular weight excluding hydrogens is 618 g/mol. The number of rotatable bonds is 15. The largest absolute Gasteiger partial charge is 0.392 e. The molecule has 1 saturated heterocycles. The summed E-state index contributed by atoms with van der Waals surface area (Å²) in [7, 11) is 1.92. The number of unbranched alkanes of at least 4 members (excludes halogenated alkanes) is 2. The molecule has 1 aliphatic rings. The van der Waals surface area contributed by atoms with Crippen molar-refractivity contribution < 1.29 is 29.4 Å². The first kappa shape index (κ1) is 34.3. The number of carbonyl (C=O) groups is 2. The number of hydrogen-bond donors (Lipinski definition) is 4. The molecule has 1 aliphatic heterocycles. The third kappa shape index (κ3) is 9.72. The number of aryl methyl sites for hydroxylation is 1. The Balaban J connectivity index is 1.23. The van der Waals surface area contributed by atoms with Crippen molar-refractivity contribution in [3.8, 4) is 11.1 Å². The predicted molar refractivity (Wildman–Crippen MR) is 177 cm³/mol. The number of benzene rings is 3. The number of hydrogen-bond acceptors (Lipinski definition) is 9. The molecule has 4 N–H and O–H groups in total. The normalized spacial score (nSPS) is 17.7. The van der Waals surface area contributed by atoms with Gasteiger partial charge >= 0.3 is 0 Å². The number of aliphatic hydroxyl groups is 1. The van der Waals surface area contributed by atoms with E-state index in [1.54, 1.807) is 23.6 Å². The van der Waals surface area contributed by atoms with E-state index in [9.17, 15) is 14.7 Å². The predicted octanol–water partition coefficient (Wildman–Crippen LogP) is 5.38. The molecule has 0 spiro atoms. The first-order valence-corrected chi connectivity index (χ1v) is 16.8. The van der Waals surface area contributed by atoms with Gasteiger partial charge < -0.3 is 24.5 Å². The maximum absolute atomic E-state index is 12.5. The first-order valence-electron chi connectivity index (χ1n) is 15.8. The molecule has 5 rings (SSSR count). The highest BCUT2D eigenvalue weighted by atomic mass is 32.2. The van der Waals surface area contributed by atoms with Gasteiger partial charge in [-0.25, -0.2) is 5.48 Å². The van der Waals surface area contributed by atoms with Crippen molar-refractivity contribution in [1.82, 2.24) is 25.6 Å². The Bertz CT molecular complexity index is 1600. The average Bonchev–Trinajstić information content (AvgIpc) is 3.53. The summed E-state index contributed by atoms with van der Waals surface area (Å²) >= 11 is 1.60. The summed E-state index contributed by atoms with van der Waals surface area (Å²) in [6.07, 6.45) is 4.16. The third-order valence-corrected chi connectivity index (χ3v) is 9.27. The molecule has 47 heavy (non-hydrogen) atoms. The number of aromatic nitrogens is 3. The number of thioether (sulfide) groups is 1. The van der Waals surface area contributed by atoms with Crippen LogP contribution in [0.15, 0.2) is 84.3 Å². The second-order valence-corrected chi connectivity index (χ2v) is 12.5. The molecule has 2 amide bonds. The Hall–Kier alpha value is -4.07. The number of aliphatic hydroxyl groups excluding tert-OH is 1. The Morgan fingerprint density at radius 1 is 0.936 bits per heavy atom. The second-order valence-electron chi connectivity index (χ2n) is 11.5. The molecular formula is C35H41N5O6S. The van der Waals surface area contributed by atoms with Crippen LogP contribution in [-0.2, 0) is 39.3 Å². The lowest BCUT2D eigenvalue weighted by Gasteiger charge is -2.36. The van der Waals surface area contributed by atoms with Gasteiger partial charge in [-0.05, 0) is 40.7 Å². The standard InChI is InChI=1S/C35H41N5O6S/c1-40-23-37-38-35(40)47-22-29-19-31(26-13-11-24(21-41)12-14-26)46-34(45-29)27-17-15-25(16-18-27)30-8-6-5-7-28(30)20-36-32(42)9-3-2-4-10-33(43)39-44/h5-8,11-18,23,29,31,34,41,44H,2-4,9-10,19-22H2,1H3,(H,36,42)(H,39,43)/t29-,31+,34+/m1/s1. The van der Waals surface area contributed by atoms with E-state index in [-0.39, 0.29) is 31.1 Å². The molecule has 3 aromatic carbocycles. The topological polar surface area (TPSA) is 148 Å². The highest BCUT2D eigenvalue weighted by Crippen LogP contribution is 2.40. The molecule has 0 unspecified atom stereocenters. The summed E-state index contributed by atoms with van der Waals surface area (Å²) in [5.74, 6) is 0.237. The molecule has 0 bridgehead atoms. The van der Waals surface area contributed by atoms with Crippen LogP contribution in [0.4, 0.5) is 0 Å². The summed E-state index contributed by atoms with van der Waals surface area (Å²) in [5, 5.41) is 30.1. The van der Waals surface area contributed by atoms with Crippen molar-refractivity contribution in [2.75, 3.05) is 5.75 Å². The van der Waals surface area contributed by atoms with E-state index in [1.165, 1.54) is 0 Å². The zero-order chi connectivity index (χ0) is 33.0. The maximum Gasteiger partial charge on any atom is 0.243 e. The molecule has 1 aromatic heterocycles. The van der Waals surface area contributed by atoms with Gasteiger partial charge in [-0.2, -0.15) is 0 Å². The van der Waals surface area contributed by atoms with Crippen LogP contribution >= 0.6 is 11.8 Å². The van der Waals surface area contributed by atoms with Crippen molar-refractivity contribution in [2.45, 2.75) is 75.3 Å². The van der Waals surface area contributed by atoms with E-state index in [1.807, 2.05) is 84.4 Å². The van der Waals surface area contributed by atoms with E-state index in [0.29, 0.717) is 38.0 Å². The summed E-state index contributed by atoms with van der Waals surface area (Å²) in [5.41, 5.74) is 7.46. The van der Waals surface area contributed by atoms with E-state index in [2.05, 4.69) is 15.5 Å². The quantitative estimate of drug-likeness (QED) is 0.0571. The van der Waals surface area contributed by atoms with Crippen molar-refractivity contribution in [1.29, 1.82) is 0 Å². The SMILES string of the molecule is Cn1cnnc1SC[C@H]1C[C@@H](c2ccc(CO)cc2)O[C@@H](c2ccc(-c3ccccc3CNC(=O)CCCCCC(=O)NO)cc2)O1. The maximum atomic E-state index is 12.5. The van der Waals surface area contributed by atoms with E-state index in [0.717, 1.165) is 45.0 Å². The van der Waals surface area contributed by atoms with E-state index >= 15 is 0 Å². The smallest absolute Gasteiger partial charge is 0.243 e. The molecule has 2 heterocycles. The number of hydroxylamine groups is 1. The Kier molecular flexibility index (Phi) is 12.5. The number of nitrogens with one attached hydrogen (secondary N) is 2. The number of ether oxygens (including phenoxy) is 2. The Morgan fingerprint density at radius 2 is 1.66 bits per heavy atom. The molecule has 4 aromatic rings. The van der Waals surface area contributed by atoms with Crippen LogP contribution in [0, 0.1) is 0 Å². The number of amides is 2. The van der Waals surface area contributed by atoms with Gasteiger partial charge in [0.05, 0.1) is 18.8 Å². The Labute approximate surface area is 278 Å². The van der Waals surface area contributed by atoms with Gasteiger partial charge in [0, 0.05) is 44.2 Å². The minimum absolute atomic E-state index is 0.00853. The zero-order valence-electron chi connectivity index (χ0n) is 26.4. The van der Waals surface area contributed by atoms with Crippen LogP contribution in [0.2, 0.25) is 0 Å². The highest BCUT2D eigenvalue weighted by Gasteiger charge is 2.32. The fourth-order valence-corrected chi connectivity index (χ4v) is 6.36. The summed E-state index contributed by atoms with van der Waals surface area (Å²) < 4.78 is 14.9. The van der Waals surface area contributed by atoms with E-state index < -0.39 is 12.2 Å². The highest BCUT2D eigenvalue weighted by molar-refractivity contribution is 7.99. The first-order chi connectivity index (χ1) is 22.9. The van der Waals surface area contributed by atoms with Crippen LogP contribution in [-0.4, -0.2) is 48.7 Å². The monoisotopic (exact) mass is 659 g/mol. The van der Waals surface area contributed by atoms with Gasteiger partial charge in [0.25, 0.3) is 0 Å². The van der Waals surface area contributed by atoms with Gasteiger partial charge in [-0.1, -0.05) is 91.0 Å². The summed E-state index contributed by atoms with van der Waals surface area (Å²) in [4.78, 5) is 23.6.